The number of anilines is 3. The molecule has 0 aliphatic carbocycles. The molecule has 1 aliphatic heterocycles. The Morgan fingerprint density at radius 1 is 0.970 bits per heavy atom. The number of aromatic nitrogens is 2. The van der Waals surface area contributed by atoms with Crippen LogP contribution in [0.2, 0.25) is 0 Å². The number of amides is 2. The van der Waals surface area contributed by atoms with E-state index in [0.29, 0.717) is 29.0 Å². The average molecular weight is 450 g/mol. The number of nitrogens with zero attached hydrogens (tertiary/aromatic N) is 4. The molecule has 1 saturated heterocycles. The van der Waals surface area contributed by atoms with E-state index in [-0.39, 0.29) is 18.2 Å². The van der Waals surface area contributed by atoms with Crippen LogP contribution in [0.1, 0.15) is 12.0 Å². The third kappa shape index (κ3) is 3.90. The number of aryl methyl sites for hydroxylation is 3. The van der Waals surface area contributed by atoms with Gasteiger partial charge in [-0.25, -0.2) is 0 Å². The largest absolute Gasteiger partial charge is 0.376 e. The number of carbonyl (C=O) groups is 2. The van der Waals surface area contributed by atoms with Crippen LogP contribution in [0.25, 0.3) is 11.0 Å². The van der Waals surface area contributed by atoms with Crippen molar-refractivity contribution < 1.29 is 9.59 Å². The Labute approximate surface area is 190 Å². The summed E-state index contributed by atoms with van der Waals surface area (Å²) in [5.74, 6) is -0.869. The summed E-state index contributed by atoms with van der Waals surface area (Å²) in [4.78, 5) is 53.7. The first-order valence-electron chi connectivity index (χ1n) is 10.7. The van der Waals surface area contributed by atoms with Crippen molar-refractivity contribution in [1.82, 2.24) is 9.13 Å². The predicted octanol–water partition coefficient (Wildman–Crippen LogP) is 1.60. The minimum Gasteiger partial charge on any atom is -0.376 e. The molecule has 4 rings (SSSR count). The molecule has 1 N–H and O–H groups in total. The molecular formula is C24H27N5O4. The molecule has 1 aromatic heterocycles. The first kappa shape index (κ1) is 22.3. The van der Waals surface area contributed by atoms with Gasteiger partial charge in [0.05, 0.1) is 28.3 Å². The Morgan fingerprint density at radius 3 is 2.12 bits per heavy atom. The van der Waals surface area contributed by atoms with Crippen molar-refractivity contribution in [2.45, 2.75) is 13.3 Å². The zero-order valence-electron chi connectivity index (χ0n) is 19.4. The van der Waals surface area contributed by atoms with Crippen molar-refractivity contribution in [3.8, 4) is 0 Å². The molecule has 1 fully saturated rings. The lowest BCUT2D eigenvalue weighted by Crippen LogP contribution is -2.39. The molecule has 9 nitrogen and oxygen atoms in total. The quantitative estimate of drug-likeness (QED) is 0.611. The monoisotopic (exact) mass is 449 g/mol. The summed E-state index contributed by atoms with van der Waals surface area (Å²) >= 11 is 0. The van der Waals surface area contributed by atoms with Crippen molar-refractivity contribution in [3.05, 3.63) is 62.7 Å². The van der Waals surface area contributed by atoms with Gasteiger partial charge in [-0.2, -0.15) is 0 Å². The molecule has 33 heavy (non-hydrogen) atoms. The smallest absolute Gasteiger partial charge is 0.316 e. The molecule has 172 valence electrons. The normalized spacial score (nSPS) is 15.8. The van der Waals surface area contributed by atoms with Gasteiger partial charge in [0.1, 0.15) is 0 Å². The lowest BCUT2D eigenvalue weighted by Gasteiger charge is -2.22. The van der Waals surface area contributed by atoms with Crippen LogP contribution in [0.3, 0.4) is 0 Å². The Balaban J connectivity index is 1.67. The van der Waals surface area contributed by atoms with Crippen LogP contribution in [-0.2, 0) is 23.7 Å². The number of hydrogen-bond acceptors (Lipinski definition) is 5. The Bertz CT molecular complexity index is 1390. The molecule has 1 atom stereocenters. The van der Waals surface area contributed by atoms with Gasteiger partial charge in [0.15, 0.2) is 0 Å². The Hall–Kier alpha value is -3.88. The summed E-state index contributed by atoms with van der Waals surface area (Å²) < 4.78 is 2.59. The molecule has 0 bridgehead atoms. The number of benzene rings is 2. The van der Waals surface area contributed by atoms with E-state index in [1.807, 2.05) is 50.2 Å². The van der Waals surface area contributed by atoms with Gasteiger partial charge in [-0.1, -0.05) is 17.7 Å². The van der Waals surface area contributed by atoms with E-state index in [1.54, 1.807) is 24.1 Å². The summed E-state index contributed by atoms with van der Waals surface area (Å²) in [6, 6.07) is 11.1. The summed E-state index contributed by atoms with van der Waals surface area (Å²) in [6.07, 6.45) is 0.123. The first-order chi connectivity index (χ1) is 15.6. The van der Waals surface area contributed by atoms with Crippen LogP contribution in [0, 0.1) is 12.8 Å². The fourth-order valence-corrected chi connectivity index (χ4v) is 4.17. The SMILES string of the molecule is Cc1ccc(N2C[C@H](C(=O)Nc3cc4c(cc3N(C)C)n(C)c(=O)c(=O)n4C)CC2=O)cc1. The van der Waals surface area contributed by atoms with Gasteiger partial charge in [0, 0.05) is 46.8 Å². The van der Waals surface area contributed by atoms with E-state index in [9.17, 15) is 19.2 Å². The number of carbonyl (C=O) groups excluding carboxylic acids is 2. The van der Waals surface area contributed by atoms with Crippen LogP contribution in [0.5, 0.6) is 0 Å². The highest BCUT2D eigenvalue weighted by molar-refractivity contribution is 6.05. The van der Waals surface area contributed by atoms with Crippen molar-refractivity contribution in [2.24, 2.45) is 20.0 Å². The van der Waals surface area contributed by atoms with Gasteiger partial charge in [-0.15, -0.1) is 0 Å². The molecule has 0 saturated carbocycles. The van der Waals surface area contributed by atoms with Gasteiger partial charge in [-0.3, -0.25) is 19.2 Å². The van der Waals surface area contributed by atoms with E-state index in [0.717, 1.165) is 11.3 Å². The van der Waals surface area contributed by atoms with E-state index >= 15 is 0 Å². The summed E-state index contributed by atoms with van der Waals surface area (Å²) in [7, 11) is 6.74. The second-order valence-electron chi connectivity index (χ2n) is 8.71. The maximum Gasteiger partial charge on any atom is 0.316 e. The molecule has 2 aromatic carbocycles. The highest BCUT2D eigenvalue weighted by atomic mass is 16.2. The predicted molar refractivity (Wildman–Crippen MR) is 129 cm³/mol. The average Bonchev–Trinajstić information content (AvgIpc) is 3.18. The molecule has 9 heteroatoms. The zero-order chi connectivity index (χ0) is 24.0. The number of fused-ring (bicyclic) bond motifs is 1. The van der Waals surface area contributed by atoms with E-state index < -0.39 is 17.0 Å². The van der Waals surface area contributed by atoms with Gasteiger partial charge in [-0.05, 0) is 31.2 Å². The summed E-state index contributed by atoms with van der Waals surface area (Å²) in [5.41, 5.74) is 2.89. The van der Waals surface area contributed by atoms with Gasteiger partial charge >= 0.3 is 11.1 Å². The highest BCUT2D eigenvalue weighted by Crippen LogP contribution is 2.31. The molecule has 0 unspecified atom stereocenters. The lowest BCUT2D eigenvalue weighted by molar-refractivity contribution is -0.122. The zero-order valence-corrected chi connectivity index (χ0v) is 19.4. The number of rotatable bonds is 4. The first-order valence-corrected chi connectivity index (χ1v) is 10.7. The van der Waals surface area contributed by atoms with Gasteiger partial charge in [0.2, 0.25) is 11.8 Å². The maximum atomic E-state index is 13.1. The Kier molecular flexibility index (Phi) is 5.57. The van der Waals surface area contributed by atoms with Gasteiger partial charge in [0.25, 0.3) is 0 Å². The minimum absolute atomic E-state index is 0.0947. The molecule has 2 heterocycles. The van der Waals surface area contributed by atoms with Crippen molar-refractivity contribution in [2.75, 3.05) is 35.8 Å². The second kappa shape index (κ2) is 8.23. The molecular weight excluding hydrogens is 422 g/mol. The fourth-order valence-electron chi connectivity index (χ4n) is 4.17. The molecule has 3 aromatic rings. The minimum atomic E-state index is -0.644. The third-order valence-electron chi connectivity index (χ3n) is 6.19. The summed E-state index contributed by atoms with van der Waals surface area (Å²) in [6.45, 7) is 2.27. The van der Waals surface area contributed by atoms with Crippen LogP contribution in [0.4, 0.5) is 17.1 Å². The third-order valence-corrected chi connectivity index (χ3v) is 6.19. The van der Waals surface area contributed by atoms with E-state index in [1.165, 1.54) is 16.2 Å². The molecule has 2 amide bonds. The van der Waals surface area contributed by atoms with Crippen molar-refractivity contribution >= 4 is 39.9 Å². The van der Waals surface area contributed by atoms with E-state index in [4.69, 9.17) is 0 Å². The highest BCUT2D eigenvalue weighted by Gasteiger charge is 2.35. The van der Waals surface area contributed by atoms with Crippen LogP contribution in [0.15, 0.2) is 46.0 Å². The number of nitrogens with one attached hydrogen (secondary N) is 1. The maximum absolute atomic E-state index is 13.1. The van der Waals surface area contributed by atoms with Crippen LogP contribution >= 0.6 is 0 Å². The standard InChI is InChI=1S/C24H27N5O4/c1-14-6-8-16(9-7-14)29-13-15(10-21(29)30)22(31)25-17-11-19-20(12-18(17)26(2)3)28(5)24(33)23(32)27(19)4/h6-9,11-12,15H,10,13H2,1-5H3,(H,25,31)/t15-/m1/s1. The lowest BCUT2D eigenvalue weighted by atomic mass is 10.1. The van der Waals surface area contributed by atoms with Crippen molar-refractivity contribution in [1.29, 1.82) is 0 Å². The molecule has 0 spiro atoms. The van der Waals surface area contributed by atoms with Crippen molar-refractivity contribution in [3.63, 3.8) is 0 Å². The van der Waals surface area contributed by atoms with Gasteiger partial charge < -0.3 is 24.3 Å². The second-order valence-corrected chi connectivity index (χ2v) is 8.71. The topological polar surface area (TPSA) is 96.7 Å². The van der Waals surface area contributed by atoms with E-state index in [2.05, 4.69) is 5.32 Å². The molecule has 1 aliphatic rings. The number of hydrogen-bond donors (Lipinski definition) is 1. The van der Waals surface area contributed by atoms with Crippen LogP contribution < -0.4 is 26.2 Å². The van der Waals surface area contributed by atoms with Crippen LogP contribution in [-0.4, -0.2) is 41.6 Å². The molecule has 0 radical (unpaired) electrons. The summed E-state index contributed by atoms with van der Waals surface area (Å²) in [5, 5.41) is 2.95. The Morgan fingerprint density at radius 2 is 1.55 bits per heavy atom. The fraction of sp³-hybridized carbons (Fsp3) is 0.333.